The van der Waals surface area contributed by atoms with Crippen molar-refractivity contribution in [1.82, 2.24) is 9.88 Å². The van der Waals surface area contributed by atoms with Gasteiger partial charge in [-0.3, -0.25) is 14.6 Å². The number of nitrogens with one attached hydrogen (secondary N) is 2. The highest BCUT2D eigenvalue weighted by molar-refractivity contribution is 6.06. The van der Waals surface area contributed by atoms with Gasteiger partial charge in [0.1, 0.15) is 0 Å². The summed E-state index contributed by atoms with van der Waals surface area (Å²) in [5.74, 6) is -1.16. The molecule has 4 rings (SSSR count). The first-order chi connectivity index (χ1) is 15.8. The number of amides is 2. The maximum absolute atomic E-state index is 13.3. The summed E-state index contributed by atoms with van der Waals surface area (Å²) in [5, 5.41) is 6.12. The van der Waals surface area contributed by atoms with E-state index in [-0.39, 0.29) is 5.91 Å². The number of anilines is 2. The zero-order chi connectivity index (χ0) is 23.5. The van der Waals surface area contributed by atoms with Gasteiger partial charge in [0.25, 0.3) is 5.91 Å². The lowest BCUT2D eigenvalue weighted by Gasteiger charge is -2.27. The van der Waals surface area contributed by atoms with Gasteiger partial charge >= 0.3 is 5.97 Å². The van der Waals surface area contributed by atoms with Crippen LogP contribution in [0.15, 0.2) is 48.5 Å². The summed E-state index contributed by atoms with van der Waals surface area (Å²) >= 11 is 0. The topological polar surface area (TPSA) is 101 Å². The number of para-hydroxylation sites is 1. The molecule has 1 aliphatic rings. The number of aromatic nitrogens is 1. The fraction of sp³-hybridized carbons (Fsp3) is 0.280. The Morgan fingerprint density at radius 2 is 1.70 bits per heavy atom. The number of rotatable bonds is 5. The van der Waals surface area contributed by atoms with Crippen LogP contribution >= 0.6 is 0 Å². The number of carbonyl (C=O) groups is 3. The van der Waals surface area contributed by atoms with Gasteiger partial charge in [0.2, 0.25) is 5.91 Å². The molecule has 3 aromatic rings. The third kappa shape index (κ3) is 5.01. The molecule has 2 amide bonds. The molecule has 1 unspecified atom stereocenters. The molecular weight excluding hydrogens is 420 g/mol. The minimum Gasteiger partial charge on any atom is -0.449 e. The molecule has 170 valence electrons. The second-order valence-corrected chi connectivity index (χ2v) is 8.21. The second kappa shape index (κ2) is 9.38. The van der Waals surface area contributed by atoms with E-state index in [1.54, 1.807) is 31.2 Å². The average Bonchev–Trinajstić information content (AvgIpc) is 2.78. The van der Waals surface area contributed by atoms with Crippen molar-refractivity contribution in [3.8, 4) is 0 Å². The quantitative estimate of drug-likeness (QED) is 0.583. The molecule has 2 aromatic carbocycles. The molecule has 2 heterocycles. The maximum atomic E-state index is 13.3. The Morgan fingerprint density at radius 1 is 1.03 bits per heavy atom. The van der Waals surface area contributed by atoms with Crippen LogP contribution in [0.4, 0.5) is 11.4 Å². The summed E-state index contributed by atoms with van der Waals surface area (Å²) < 4.78 is 5.60. The standard InChI is InChI=1S/C25H26N4O4/c1-15(24(31)27-18-10-8-17(9-11-18)26-16(2)30)33-25(32)23-19-6-4-5-7-21(19)28-22-12-13-29(3)14-20(22)23/h4-11,15H,12-14H2,1-3H3,(H,26,30)(H,27,31). The van der Waals surface area contributed by atoms with Crippen LogP contribution in [0, 0.1) is 0 Å². The normalized spacial score (nSPS) is 14.3. The number of hydrogen-bond donors (Lipinski definition) is 2. The van der Waals surface area contributed by atoms with Crippen molar-refractivity contribution in [2.75, 3.05) is 24.2 Å². The predicted molar refractivity (Wildman–Crippen MR) is 126 cm³/mol. The number of nitrogens with zero attached hydrogens (tertiary/aromatic N) is 2. The first kappa shape index (κ1) is 22.4. The number of hydrogen-bond acceptors (Lipinski definition) is 6. The fourth-order valence-corrected chi connectivity index (χ4v) is 3.92. The predicted octanol–water partition coefficient (Wildman–Crippen LogP) is 3.37. The summed E-state index contributed by atoms with van der Waals surface area (Å²) in [4.78, 5) is 44.0. The van der Waals surface area contributed by atoms with Crippen molar-refractivity contribution < 1.29 is 19.1 Å². The number of ether oxygens (including phenoxy) is 1. The van der Waals surface area contributed by atoms with Gasteiger partial charge in [-0.1, -0.05) is 18.2 Å². The molecule has 0 saturated carbocycles. The zero-order valence-corrected chi connectivity index (χ0v) is 18.8. The van der Waals surface area contributed by atoms with E-state index in [0.29, 0.717) is 23.5 Å². The van der Waals surface area contributed by atoms with Gasteiger partial charge < -0.3 is 20.3 Å². The molecule has 0 fully saturated rings. The van der Waals surface area contributed by atoms with Gasteiger partial charge in [-0.05, 0) is 44.3 Å². The van der Waals surface area contributed by atoms with E-state index < -0.39 is 18.0 Å². The monoisotopic (exact) mass is 446 g/mol. The highest BCUT2D eigenvalue weighted by Gasteiger charge is 2.27. The maximum Gasteiger partial charge on any atom is 0.339 e. The van der Waals surface area contributed by atoms with E-state index in [4.69, 9.17) is 9.72 Å². The number of esters is 1. The van der Waals surface area contributed by atoms with Crippen molar-refractivity contribution in [2.24, 2.45) is 0 Å². The van der Waals surface area contributed by atoms with Crippen molar-refractivity contribution in [2.45, 2.75) is 32.9 Å². The molecule has 8 heteroatoms. The molecule has 0 bridgehead atoms. The van der Waals surface area contributed by atoms with E-state index in [0.717, 1.165) is 35.1 Å². The number of likely N-dealkylation sites (N-methyl/N-ethyl adjacent to an activating group) is 1. The average molecular weight is 447 g/mol. The van der Waals surface area contributed by atoms with E-state index in [9.17, 15) is 14.4 Å². The van der Waals surface area contributed by atoms with Gasteiger partial charge in [0.15, 0.2) is 6.10 Å². The Balaban J connectivity index is 1.52. The van der Waals surface area contributed by atoms with Crippen LogP contribution in [-0.2, 0) is 27.3 Å². The lowest BCUT2D eigenvalue weighted by Crippen LogP contribution is -2.32. The SMILES string of the molecule is CC(=O)Nc1ccc(NC(=O)C(C)OC(=O)c2c3c(nc4ccccc24)CCN(C)C3)cc1. The van der Waals surface area contributed by atoms with Crippen molar-refractivity contribution in [1.29, 1.82) is 0 Å². The molecule has 0 spiro atoms. The van der Waals surface area contributed by atoms with E-state index in [1.807, 2.05) is 31.3 Å². The number of pyridine rings is 1. The van der Waals surface area contributed by atoms with Gasteiger partial charge in [-0.2, -0.15) is 0 Å². The summed E-state index contributed by atoms with van der Waals surface area (Å²) in [5.41, 5.74) is 4.12. The van der Waals surface area contributed by atoms with Gasteiger partial charge in [-0.25, -0.2) is 4.79 Å². The van der Waals surface area contributed by atoms with Crippen LogP contribution < -0.4 is 10.6 Å². The minimum atomic E-state index is -1.00. The molecule has 1 aliphatic heterocycles. The molecular formula is C25H26N4O4. The molecule has 0 radical (unpaired) electrons. The van der Waals surface area contributed by atoms with E-state index in [2.05, 4.69) is 15.5 Å². The van der Waals surface area contributed by atoms with Crippen LogP contribution in [-0.4, -0.2) is 47.4 Å². The van der Waals surface area contributed by atoms with Crippen molar-refractivity contribution in [3.63, 3.8) is 0 Å². The Morgan fingerprint density at radius 3 is 2.39 bits per heavy atom. The van der Waals surface area contributed by atoms with Gasteiger partial charge in [-0.15, -0.1) is 0 Å². The first-order valence-electron chi connectivity index (χ1n) is 10.8. The first-order valence-corrected chi connectivity index (χ1v) is 10.8. The molecule has 1 aromatic heterocycles. The summed E-state index contributed by atoms with van der Waals surface area (Å²) in [7, 11) is 2.00. The third-order valence-electron chi connectivity index (χ3n) is 5.57. The van der Waals surface area contributed by atoms with E-state index in [1.165, 1.54) is 6.92 Å². The second-order valence-electron chi connectivity index (χ2n) is 8.21. The Labute approximate surface area is 191 Å². The summed E-state index contributed by atoms with van der Waals surface area (Å²) in [6.07, 6.45) is -0.252. The number of carbonyl (C=O) groups excluding carboxylic acids is 3. The molecule has 2 N–H and O–H groups in total. The lowest BCUT2D eigenvalue weighted by molar-refractivity contribution is -0.123. The van der Waals surface area contributed by atoms with Crippen LogP contribution in [0.1, 0.15) is 35.5 Å². The van der Waals surface area contributed by atoms with Crippen molar-refractivity contribution in [3.05, 3.63) is 65.4 Å². The molecule has 0 saturated heterocycles. The molecule has 8 nitrogen and oxygen atoms in total. The highest BCUT2D eigenvalue weighted by Crippen LogP contribution is 2.28. The van der Waals surface area contributed by atoms with Crippen LogP contribution in [0.5, 0.6) is 0 Å². The van der Waals surface area contributed by atoms with Gasteiger partial charge in [0, 0.05) is 54.5 Å². The summed E-state index contributed by atoms with van der Waals surface area (Å²) in [6.45, 7) is 4.43. The molecule has 0 aliphatic carbocycles. The van der Waals surface area contributed by atoms with Crippen LogP contribution in [0.25, 0.3) is 10.9 Å². The Hall–Kier alpha value is -3.78. The van der Waals surface area contributed by atoms with Crippen LogP contribution in [0.3, 0.4) is 0 Å². The molecule has 1 atom stereocenters. The number of benzene rings is 2. The van der Waals surface area contributed by atoms with Gasteiger partial charge in [0.05, 0.1) is 11.1 Å². The Kier molecular flexibility index (Phi) is 6.37. The Bertz CT molecular complexity index is 1220. The summed E-state index contributed by atoms with van der Waals surface area (Å²) in [6, 6.07) is 14.2. The third-order valence-corrected chi connectivity index (χ3v) is 5.57. The lowest BCUT2D eigenvalue weighted by atomic mass is 9.96. The van der Waals surface area contributed by atoms with Crippen LogP contribution in [0.2, 0.25) is 0 Å². The highest BCUT2D eigenvalue weighted by atomic mass is 16.5. The van der Waals surface area contributed by atoms with E-state index >= 15 is 0 Å². The zero-order valence-electron chi connectivity index (χ0n) is 18.8. The van der Waals surface area contributed by atoms with Crippen molar-refractivity contribution >= 4 is 40.1 Å². The fourth-order valence-electron chi connectivity index (χ4n) is 3.92. The smallest absolute Gasteiger partial charge is 0.339 e. The number of fused-ring (bicyclic) bond motifs is 2. The minimum absolute atomic E-state index is 0.177. The largest absolute Gasteiger partial charge is 0.449 e. The molecule has 33 heavy (non-hydrogen) atoms.